The number of fused-ring (bicyclic) bond motifs is 3. The largest absolute Gasteiger partial charge is 0.497 e. The van der Waals surface area contributed by atoms with Crippen LogP contribution in [0.2, 0.25) is 5.02 Å². The molecule has 31 heavy (non-hydrogen) atoms. The molecule has 4 heteroatoms. The van der Waals surface area contributed by atoms with Crippen molar-refractivity contribution in [3.63, 3.8) is 0 Å². The lowest BCUT2D eigenvalue weighted by molar-refractivity contribution is -0.109. The lowest BCUT2D eigenvalue weighted by Crippen LogP contribution is -2.01. The maximum absolute atomic E-state index is 11.1. The molecule has 0 aromatic heterocycles. The number of hydrogen-bond acceptors (Lipinski definition) is 3. The Morgan fingerprint density at radius 2 is 1.94 bits per heavy atom. The second kappa shape index (κ2) is 7.72. The Hall–Kier alpha value is -2.78. The summed E-state index contributed by atoms with van der Waals surface area (Å²) >= 11 is 6.60. The predicted molar refractivity (Wildman–Crippen MR) is 123 cm³/mol. The highest BCUT2D eigenvalue weighted by Gasteiger charge is 2.55. The minimum absolute atomic E-state index is 0.234. The third-order valence-electron chi connectivity index (χ3n) is 6.92. The number of halogens is 1. The third-order valence-corrected chi connectivity index (χ3v) is 7.22. The molecule has 0 spiro atoms. The molecule has 3 unspecified atom stereocenters. The number of ether oxygens (including phenoxy) is 2. The van der Waals surface area contributed by atoms with Gasteiger partial charge in [0.25, 0.3) is 0 Å². The van der Waals surface area contributed by atoms with E-state index < -0.39 is 0 Å². The van der Waals surface area contributed by atoms with Crippen LogP contribution in [0.3, 0.4) is 0 Å². The van der Waals surface area contributed by atoms with Crippen LogP contribution in [-0.2, 0) is 17.8 Å². The van der Waals surface area contributed by atoms with Crippen molar-refractivity contribution < 1.29 is 14.3 Å². The van der Waals surface area contributed by atoms with Gasteiger partial charge in [0.2, 0.25) is 0 Å². The molecule has 0 saturated heterocycles. The number of carbonyl (C=O) groups is 1. The fourth-order valence-corrected chi connectivity index (χ4v) is 5.52. The zero-order valence-corrected chi connectivity index (χ0v) is 18.7. The minimum Gasteiger partial charge on any atom is -0.497 e. The molecule has 0 bridgehead atoms. The molecule has 0 aliphatic heterocycles. The molecular weight excluding hydrogens is 408 g/mol. The number of methoxy groups -OCH3 is 1. The second-order valence-corrected chi connectivity index (χ2v) is 9.05. The summed E-state index contributed by atoms with van der Waals surface area (Å²) in [5.74, 6) is 2.83. The van der Waals surface area contributed by atoms with Gasteiger partial charge in [-0.3, -0.25) is 0 Å². The third kappa shape index (κ3) is 3.41. The van der Waals surface area contributed by atoms with Gasteiger partial charge in [-0.05, 0) is 89.8 Å². The molecule has 2 aliphatic rings. The van der Waals surface area contributed by atoms with E-state index in [4.69, 9.17) is 21.1 Å². The maximum Gasteiger partial charge on any atom is 0.124 e. The molecular formula is C27H25ClO3. The molecule has 0 heterocycles. The number of aldehydes is 1. The normalized spacial score (nSPS) is 20.7. The van der Waals surface area contributed by atoms with Gasteiger partial charge in [0.15, 0.2) is 0 Å². The molecule has 3 atom stereocenters. The highest BCUT2D eigenvalue weighted by Crippen LogP contribution is 2.60. The number of aryl methyl sites for hydroxylation is 1. The van der Waals surface area contributed by atoms with Gasteiger partial charge in [0, 0.05) is 11.5 Å². The summed E-state index contributed by atoms with van der Waals surface area (Å²) in [5, 5.41) is 0.684. The number of hydrogen-bond donors (Lipinski definition) is 0. The fourth-order valence-electron chi connectivity index (χ4n) is 5.16. The molecule has 1 fully saturated rings. The Balaban J connectivity index is 1.37. The zero-order chi connectivity index (χ0) is 21.7. The van der Waals surface area contributed by atoms with Gasteiger partial charge < -0.3 is 14.3 Å². The Morgan fingerprint density at radius 3 is 2.68 bits per heavy atom. The first kappa shape index (κ1) is 20.1. The summed E-state index contributed by atoms with van der Waals surface area (Å²) < 4.78 is 11.5. The Labute approximate surface area is 188 Å². The van der Waals surface area contributed by atoms with E-state index in [1.165, 1.54) is 11.1 Å². The van der Waals surface area contributed by atoms with Gasteiger partial charge in [0.1, 0.15) is 24.4 Å². The average molecular weight is 433 g/mol. The summed E-state index contributed by atoms with van der Waals surface area (Å²) in [6, 6.07) is 16.4. The second-order valence-electron chi connectivity index (χ2n) is 8.65. The summed E-state index contributed by atoms with van der Waals surface area (Å²) in [7, 11) is 1.65. The highest BCUT2D eigenvalue weighted by molar-refractivity contribution is 6.33. The van der Waals surface area contributed by atoms with Crippen LogP contribution in [0, 0.1) is 25.7 Å². The SMILES string of the molecule is COc1cc(C)c(-c2cccc(COc3ccc4c(c3)CC3C(C=O)C43)c2C)c(Cl)c1. The molecule has 158 valence electrons. The van der Waals surface area contributed by atoms with E-state index in [1.807, 2.05) is 18.2 Å². The van der Waals surface area contributed by atoms with Gasteiger partial charge in [-0.2, -0.15) is 0 Å². The first-order chi connectivity index (χ1) is 15.0. The monoisotopic (exact) mass is 432 g/mol. The van der Waals surface area contributed by atoms with Crippen LogP contribution < -0.4 is 9.47 Å². The van der Waals surface area contributed by atoms with Crippen molar-refractivity contribution in [3.05, 3.63) is 81.4 Å². The van der Waals surface area contributed by atoms with Crippen molar-refractivity contribution in [2.45, 2.75) is 32.8 Å². The van der Waals surface area contributed by atoms with Crippen LogP contribution in [0.4, 0.5) is 0 Å². The van der Waals surface area contributed by atoms with Crippen LogP contribution >= 0.6 is 11.6 Å². The van der Waals surface area contributed by atoms with Crippen molar-refractivity contribution in [2.24, 2.45) is 11.8 Å². The standard InChI is InChI=1S/C27H25ClO3/c1-15-9-20(30-3)12-25(28)26(15)21-6-4-5-17(16(21)2)14-31-19-7-8-22-18(10-19)11-23-24(13-29)27(22)23/h4-10,12-13,23-24,27H,11,14H2,1-3H3. The summed E-state index contributed by atoms with van der Waals surface area (Å²) in [4.78, 5) is 11.1. The zero-order valence-electron chi connectivity index (χ0n) is 17.9. The molecule has 5 rings (SSSR count). The van der Waals surface area contributed by atoms with Crippen LogP contribution in [0.1, 0.15) is 33.7 Å². The van der Waals surface area contributed by atoms with E-state index in [0.29, 0.717) is 23.5 Å². The van der Waals surface area contributed by atoms with Crippen LogP contribution in [0.5, 0.6) is 11.5 Å². The molecule has 0 amide bonds. The molecule has 3 aromatic rings. The molecule has 3 aromatic carbocycles. The topological polar surface area (TPSA) is 35.5 Å². The smallest absolute Gasteiger partial charge is 0.124 e. The minimum atomic E-state index is 0.234. The van der Waals surface area contributed by atoms with Gasteiger partial charge >= 0.3 is 0 Å². The van der Waals surface area contributed by atoms with E-state index in [2.05, 4.69) is 44.2 Å². The first-order valence-corrected chi connectivity index (χ1v) is 11.0. The predicted octanol–water partition coefficient (Wildman–Crippen LogP) is 6.30. The Bertz CT molecular complexity index is 1160. The average Bonchev–Trinajstić information content (AvgIpc) is 3.32. The molecule has 3 nitrogen and oxygen atoms in total. The van der Waals surface area contributed by atoms with Crippen molar-refractivity contribution >= 4 is 17.9 Å². The maximum atomic E-state index is 11.1. The van der Waals surface area contributed by atoms with Crippen LogP contribution in [-0.4, -0.2) is 13.4 Å². The molecule has 2 aliphatic carbocycles. The van der Waals surface area contributed by atoms with Crippen molar-refractivity contribution in [1.29, 1.82) is 0 Å². The quantitative estimate of drug-likeness (QED) is 0.429. The van der Waals surface area contributed by atoms with E-state index in [1.54, 1.807) is 7.11 Å². The van der Waals surface area contributed by atoms with Gasteiger partial charge in [-0.15, -0.1) is 0 Å². The van der Waals surface area contributed by atoms with E-state index in [9.17, 15) is 4.79 Å². The molecule has 0 N–H and O–H groups in total. The Morgan fingerprint density at radius 1 is 1.10 bits per heavy atom. The van der Waals surface area contributed by atoms with Crippen molar-refractivity contribution in [1.82, 2.24) is 0 Å². The summed E-state index contributed by atoms with van der Waals surface area (Å²) in [5.41, 5.74) is 8.18. The van der Waals surface area contributed by atoms with E-state index in [-0.39, 0.29) is 5.92 Å². The summed E-state index contributed by atoms with van der Waals surface area (Å²) in [6.07, 6.45) is 2.11. The highest BCUT2D eigenvalue weighted by atomic mass is 35.5. The van der Waals surface area contributed by atoms with E-state index in [0.717, 1.165) is 52.0 Å². The lowest BCUT2D eigenvalue weighted by atomic mass is 9.93. The van der Waals surface area contributed by atoms with Gasteiger partial charge in [-0.25, -0.2) is 0 Å². The van der Waals surface area contributed by atoms with Crippen LogP contribution in [0.25, 0.3) is 11.1 Å². The van der Waals surface area contributed by atoms with Crippen LogP contribution in [0.15, 0.2) is 48.5 Å². The lowest BCUT2D eigenvalue weighted by Gasteiger charge is -2.17. The molecule has 1 saturated carbocycles. The summed E-state index contributed by atoms with van der Waals surface area (Å²) in [6.45, 7) is 4.66. The van der Waals surface area contributed by atoms with Gasteiger partial charge in [-0.1, -0.05) is 35.9 Å². The van der Waals surface area contributed by atoms with Crippen molar-refractivity contribution in [3.8, 4) is 22.6 Å². The number of carbonyl (C=O) groups excluding carboxylic acids is 1. The molecule has 0 radical (unpaired) electrons. The van der Waals surface area contributed by atoms with Crippen molar-refractivity contribution in [2.75, 3.05) is 7.11 Å². The fraction of sp³-hybridized carbons (Fsp3) is 0.296. The number of rotatable bonds is 6. The van der Waals surface area contributed by atoms with Gasteiger partial charge in [0.05, 0.1) is 12.1 Å². The number of benzene rings is 3. The first-order valence-electron chi connectivity index (χ1n) is 10.7. The Kier molecular flexibility index (Phi) is 5.02. The van der Waals surface area contributed by atoms with E-state index >= 15 is 0 Å².